The molecule has 2 atom stereocenters. The van der Waals surface area contributed by atoms with E-state index in [0.29, 0.717) is 5.92 Å². The van der Waals surface area contributed by atoms with E-state index in [1.807, 2.05) is 0 Å². The van der Waals surface area contributed by atoms with Crippen LogP contribution in [0, 0.1) is 18.8 Å². The molecule has 1 aromatic heterocycles. The van der Waals surface area contributed by atoms with Crippen molar-refractivity contribution in [3.8, 4) is 0 Å². The van der Waals surface area contributed by atoms with Gasteiger partial charge in [0.05, 0.1) is 11.4 Å². The lowest BCUT2D eigenvalue weighted by Crippen LogP contribution is -2.42. The fourth-order valence-electron chi connectivity index (χ4n) is 2.90. The van der Waals surface area contributed by atoms with Crippen LogP contribution in [0.25, 0.3) is 0 Å². The van der Waals surface area contributed by atoms with Crippen LogP contribution in [0.3, 0.4) is 0 Å². The average Bonchev–Trinajstić information content (AvgIpc) is 2.72. The third-order valence-corrected chi connectivity index (χ3v) is 4.17. The summed E-state index contributed by atoms with van der Waals surface area (Å²) in [4.78, 5) is 2.53. The highest BCUT2D eigenvalue weighted by molar-refractivity contribution is 5.09. The molecular formula is C14H26N4. The molecule has 2 heterocycles. The molecule has 0 saturated carbocycles. The Balaban J connectivity index is 2.00. The van der Waals surface area contributed by atoms with E-state index in [1.54, 1.807) is 0 Å². The van der Waals surface area contributed by atoms with Crippen molar-refractivity contribution >= 4 is 0 Å². The molecule has 0 aliphatic carbocycles. The Morgan fingerprint density at radius 1 is 1.50 bits per heavy atom. The minimum Gasteiger partial charge on any atom is -0.330 e. The summed E-state index contributed by atoms with van der Waals surface area (Å²) in [6, 6.07) is 2.21. The number of rotatable bonds is 4. The molecule has 0 radical (unpaired) electrons. The van der Waals surface area contributed by atoms with Crippen molar-refractivity contribution in [2.75, 3.05) is 19.6 Å². The van der Waals surface area contributed by atoms with Crippen molar-refractivity contribution in [2.24, 2.45) is 17.6 Å². The van der Waals surface area contributed by atoms with Crippen LogP contribution in [-0.2, 0) is 13.1 Å². The molecule has 0 aromatic carbocycles. The zero-order chi connectivity index (χ0) is 13.1. The molecular weight excluding hydrogens is 224 g/mol. The summed E-state index contributed by atoms with van der Waals surface area (Å²) < 4.78 is 2.12. The lowest BCUT2D eigenvalue weighted by molar-refractivity contribution is 0.123. The topological polar surface area (TPSA) is 47.1 Å². The van der Waals surface area contributed by atoms with E-state index >= 15 is 0 Å². The van der Waals surface area contributed by atoms with Gasteiger partial charge in [0.2, 0.25) is 0 Å². The molecule has 18 heavy (non-hydrogen) atoms. The SMILES string of the molecule is CCn1nc(C)cc1CN1CCC(C)C(CN)C1. The van der Waals surface area contributed by atoms with Crippen LogP contribution >= 0.6 is 0 Å². The second-order valence-corrected chi connectivity index (χ2v) is 5.59. The second kappa shape index (κ2) is 5.85. The zero-order valence-corrected chi connectivity index (χ0v) is 11.9. The van der Waals surface area contributed by atoms with Gasteiger partial charge < -0.3 is 5.73 Å². The predicted octanol–water partition coefficient (Wildman–Crippen LogP) is 1.63. The Bertz CT molecular complexity index is 385. The van der Waals surface area contributed by atoms with E-state index in [9.17, 15) is 0 Å². The Kier molecular flexibility index (Phi) is 4.40. The van der Waals surface area contributed by atoms with E-state index in [0.717, 1.165) is 37.8 Å². The first kappa shape index (κ1) is 13.6. The van der Waals surface area contributed by atoms with Crippen molar-refractivity contribution in [2.45, 2.75) is 40.3 Å². The Labute approximate surface area is 110 Å². The van der Waals surface area contributed by atoms with Crippen LogP contribution in [-0.4, -0.2) is 34.3 Å². The molecule has 102 valence electrons. The molecule has 1 fully saturated rings. The second-order valence-electron chi connectivity index (χ2n) is 5.59. The van der Waals surface area contributed by atoms with E-state index in [4.69, 9.17) is 5.73 Å². The lowest BCUT2D eigenvalue weighted by Gasteiger charge is -2.36. The molecule has 0 spiro atoms. The van der Waals surface area contributed by atoms with Crippen LogP contribution in [0.2, 0.25) is 0 Å². The van der Waals surface area contributed by atoms with E-state index in [1.165, 1.54) is 18.7 Å². The van der Waals surface area contributed by atoms with Gasteiger partial charge in [-0.1, -0.05) is 6.92 Å². The summed E-state index contributed by atoms with van der Waals surface area (Å²) in [5.41, 5.74) is 8.32. The average molecular weight is 250 g/mol. The monoisotopic (exact) mass is 250 g/mol. The van der Waals surface area contributed by atoms with E-state index < -0.39 is 0 Å². The van der Waals surface area contributed by atoms with Crippen molar-refractivity contribution in [1.82, 2.24) is 14.7 Å². The Hall–Kier alpha value is -0.870. The normalized spacial score (nSPS) is 25.6. The first-order valence-corrected chi connectivity index (χ1v) is 7.09. The Morgan fingerprint density at radius 3 is 2.94 bits per heavy atom. The molecule has 0 amide bonds. The third kappa shape index (κ3) is 2.93. The third-order valence-electron chi connectivity index (χ3n) is 4.17. The summed E-state index contributed by atoms with van der Waals surface area (Å²) in [5.74, 6) is 1.42. The standard InChI is InChI=1S/C14H26N4/c1-4-18-14(7-12(3)16-18)10-17-6-5-11(2)13(8-15)9-17/h7,11,13H,4-6,8-10,15H2,1-3H3. The van der Waals surface area contributed by atoms with Crippen LogP contribution in [0.1, 0.15) is 31.7 Å². The maximum atomic E-state index is 5.87. The number of nitrogens with zero attached hydrogens (tertiary/aromatic N) is 3. The molecule has 1 aromatic rings. The van der Waals surface area contributed by atoms with Crippen molar-refractivity contribution in [3.63, 3.8) is 0 Å². The first-order chi connectivity index (χ1) is 8.63. The van der Waals surface area contributed by atoms with Crippen molar-refractivity contribution in [1.29, 1.82) is 0 Å². The summed E-state index contributed by atoms with van der Waals surface area (Å²) in [6.45, 7) is 11.6. The number of nitrogens with two attached hydrogens (primary N) is 1. The molecule has 1 saturated heterocycles. The van der Waals surface area contributed by atoms with Crippen LogP contribution in [0.4, 0.5) is 0 Å². The summed E-state index contributed by atoms with van der Waals surface area (Å²) in [7, 11) is 0. The highest BCUT2D eigenvalue weighted by atomic mass is 15.3. The number of piperidine rings is 1. The highest BCUT2D eigenvalue weighted by Crippen LogP contribution is 2.23. The molecule has 1 aliphatic rings. The quantitative estimate of drug-likeness (QED) is 0.883. The highest BCUT2D eigenvalue weighted by Gasteiger charge is 2.25. The number of likely N-dealkylation sites (tertiary alicyclic amines) is 1. The minimum absolute atomic E-state index is 0.651. The number of aryl methyl sites for hydroxylation is 2. The van der Waals surface area contributed by atoms with Gasteiger partial charge in [-0.15, -0.1) is 0 Å². The number of hydrogen-bond acceptors (Lipinski definition) is 3. The van der Waals surface area contributed by atoms with E-state index in [-0.39, 0.29) is 0 Å². The minimum atomic E-state index is 0.651. The number of hydrogen-bond donors (Lipinski definition) is 1. The first-order valence-electron chi connectivity index (χ1n) is 7.09. The van der Waals surface area contributed by atoms with Gasteiger partial charge in [-0.25, -0.2) is 0 Å². The van der Waals surface area contributed by atoms with Gasteiger partial charge in [0, 0.05) is 19.6 Å². The Morgan fingerprint density at radius 2 is 2.28 bits per heavy atom. The van der Waals surface area contributed by atoms with Crippen molar-refractivity contribution < 1.29 is 0 Å². The summed E-state index contributed by atoms with van der Waals surface area (Å²) in [6.07, 6.45) is 1.26. The van der Waals surface area contributed by atoms with Gasteiger partial charge in [-0.2, -0.15) is 5.10 Å². The molecule has 0 bridgehead atoms. The molecule has 1 aliphatic heterocycles. The molecule has 2 N–H and O–H groups in total. The van der Waals surface area contributed by atoms with Crippen LogP contribution < -0.4 is 5.73 Å². The van der Waals surface area contributed by atoms with Crippen molar-refractivity contribution in [3.05, 3.63) is 17.5 Å². The zero-order valence-electron chi connectivity index (χ0n) is 11.9. The largest absolute Gasteiger partial charge is 0.330 e. The summed E-state index contributed by atoms with van der Waals surface area (Å²) in [5, 5.41) is 4.51. The van der Waals surface area contributed by atoms with Crippen LogP contribution in [0.15, 0.2) is 6.07 Å². The van der Waals surface area contributed by atoms with Gasteiger partial charge in [0.1, 0.15) is 0 Å². The number of aromatic nitrogens is 2. The fourth-order valence-corrected chi connectivity index (χ4v) is 2.90. The van der Waals surface area contributed by atoms with Gasteiger partial charge in [-0.05, 0) is 51.3 Å². The van der Waals surface area contributed by atoms with Crippen LogP contribution in [0.5, 0.6) is 0 Å². The maximum absolute atomic E-state index is 5.87. The predicted molar refractivity (Wildman–Crippen MR) is 74.2 cm³/mol. The lowest BCUT2D eigenvalue weighted by atomic mass is 9.87. The maximum Gasteiger partial charge on any atom is 0.0597 e. The molecule has 4 nitrogen and oxygen atoms in total. The van der Waals surface area contributed by atoms with Gasteiger partial charge >= 0.3 is 0 Å². The molecule has 4 heteroatoms. The fraction of sp³-hybridized carbons (Fsp3) is 0.786. The summed E-state index contributed by atoms with van der Waals surface area (Å²) >= 11 is 0. The smallest absolute Gasteiger partial charge is 0.0597 e. The van der Waals surface area contributed by atoms with Gasteiger partial charge in [0.25, 0.3) is 0 Å². The van der Waals surface area contributed by atoms with E-state index in [2.05, 4.69) is 41.5 Å². The molecule has 2 unspecified atom stereocenters. The van der Waals surface area contributed by atoms with Gasteiger partial charge in [0.15, 0.2) is 0 Å². The van der Waals surface area contributed by atoms with Gasteiger partial charge in [-0.3, -0.25) is 9.58 Å². The molecule has 2 rings (SSSR count).